The molecule has 0 aliphatic carbocycles. The Hall–Kier alpha value is -1.27. The van der Waals surface area contributed by atoms with Crippen LogP contribution in [0.1, 0.15) is 31.7 Å². The molecule has 0 aromatic heterocycles. The average molecular weight is 295 g/mol. The van der Waals surface area contributed by atoms with Crippen LogP contribution in [0.2, 0.25) is 0 Å². The topological polar surface area (TPSA) is 66.6 Å². The average Bonchev–Trinajstić information content (AvgIpc) is 2.82. The van der Waals surface area contributed by atoms with Crippen molar-refractivity contribution >= 4 is 21.6 Å². The minimum absolute atomic E-state index is 0.0823. The van der Waals surface area contributed by atoms with Crippen LogP contribution in [0, 0.1) is 0 Å². The summed E-state index contributed by atoms with van der Waals surface area (Å²) in [5, 5.41) is 0. The molecule has 2 N–H and O–H groups in total. The van der Waals surface area contributed by atoms with Gasteiger partial charge in [0.05, 0.1) is 5.69 Å². The molecule has 1 unspecified atom stereocenters. The van der Waals surface area contributed by atoms with Crippen molar-refractivity contribution < 1.29 is 8.42 Å². The monoisotopic (exact) mass is 295 g/mol. The smallest absolute Gasteiger partial charge is 0.304 e. The molecule has 6 heteroatoms. The SMILES string of the molecule is CC1CCCCN1S(=O)(=O)N1CCc2ccc(N)cc21. The van der Waals surface area contributed by atoms with Gasteiger partial charge in [-0.25, -0.2) is 0 Å². The zero-order chi connectivity index (χ0) is 14.3. The summed E-state index contributed by atoms with van der Waals surface area (Å²) in [5.74, 6) is 0. The van der Waals surface area contributed by atoms with Gasteiger partial charge in [-0.1, -0.05) is 12.5 Å². The number of fused-ring (bicyclic) bond motifs is 1. The first kappa shape index (κ1) is 13.7. The van der Waals surface area contributed by atoms with E-state index in [1.165, 1.54) is 4.31 Å². The van der Waals surface area contributed by atoms with E-state index in [2.05, 4.69) is 0 Å². The van der Waals surface area contributed by atoms with Gasteiger partial charge >= 0.3 is 10.2 Å². The molecule has 1 saturated heterocycles. The van der Waals surface area contributed by atoms with Gasteiger partial charge in [0.15, 0.2) is 0 Å². The van der Waals surface area contributed by atoms with Gasteiger partial charge in [-0.15, -0.1) is 0 Å². The van der Waals surface area contributed by atoms with Gasteiger partial charge in [-0.2, -0.15) is 12.7 Å². The van der Waals surface area contributed by atoms with Crippen LogP contribution in [0.5, 0.6) is 0 Å². The second-order valence-corrected chi connectivity index (χ2v) is 7.48. The molecule has 1 fully saturated rings. The molecule has 0 bridgehead atoms. The zero-order valence-electron chi connectivity index (χ0n) is 11.7. The Morgan fingerprint density at radius 3 is 2.80 bits per heavy atom. The summed E-state index contributed by atoms with van der Waals surface area (Å²) in [6.07, 6.45) is 3.76. The Bertz CT molecular complexity index is 615. The fourth-order valence-electron chi connectivity index (χ4n) is 3.15. The van der Waals surface area contributed by atoms with Crippen molar-refractivity contribution in [1.82, 2.24) is 4.31 Å². The third-order valence-electron chi connectivity index (χ3n) is 4.28. The minimum atomic E-state index is -3.43. The lowest BCUT2D eigenvalue weighted by atomic mass is 10.1. The molecule has 0 saturated carbocycles. The van der Waals surface area contributed by atoms with E-state index in [9.17, 15) is 8.42 Å². The van der Waals surface area contributed by atoms with Crippen LogP contribution in [0.4, 0.5) is 11.4 Å². The Kier molecular flexibility index (Phi) is 3.38. The molecule has 2 aliphatic heterocycles. The largest absolute Gasteiger partial charge is 0.399 e. The molecule has 1 aromatic rings. The van der Waals surface area contributed by atoms with Crippen molar-refractivity contribution in [2.45, 2.75) is 38.6 Å². The lowest BCUT2D eigenvalue weighted by Crippen LogP contribution is -2.49. The van der Waals surface area contributed by atoms with Crippen LogP contribution in [0.3, 0.4) is 0 Å². The summed E-state index contributed by atoms with van der Waals surface area (Å²) < 4.78 is 28.9. The Morgan fingerprint density at radius 1 is 1.25 bits per heavy atom. The summed E-state index contributed by atoms with van der Waals surface area (Å²) >= 11 is 0. The molecule has 2 heterocycles. The van der Waals surface area contributed by atoms with Crippen LogP contribution in [0.25, 0.3) is 0 Å². The van der Waals surface area contributed by atoms with E-state index in [4.69, 9.17) is 5.73 Å². The van der Waals surface area contributed by atoms with Crippen molar-refractivity contribution in [2.24, 2.45) is 0 Å². The minimum Gasteiger partial charge on any atom is -0.399 e. The maximum absolute atomic E-state index is 12.9. The highest BCUT2D eigenvalue weighted by molar-refractivity contribution is 7.90. The van der Waals surface area contributed by atoms with E-state index in [1.807, 2.05) is 19.1 Å². The van der Waals surface area contributed by atoms with Crippen LogP contribution < -0.4 is 10.0 Å². The van der Waals surface area contributed by atoms with Gasteiger partial charge in [-0.3, -0.25) is 4.31 Å². The Balaban J connectivity index is 1.96. The summed E-state index contributed by atoms with van der Waals surface area (Å²) in [4.78, 5) is 0. The number of benzene rings is 1. The number of hydrogen-bond donors (Lipinski definition) is 1. The zero-order valence-corrected chi connectivity index (χ0v) is 12.6. The summed E-state index contributed by atoms with van der Waals surface area (Å²) in [5.41, 5.74) is 8.23. The Morgan fingerprint density at radius 2 is 2.05 bits per heavy atom. The maximum atomic E-state index is 12.9. The van der Waals surface area contributed by atoms with Crippen LogP contribution >= 0.6 is 0 Å². The molecule has 1 atom stereocenters. The van der Waals surface area contributed by atoms with Gasteiger partial charge in [-0.05, 0) is 43.9 Å². The third-order valence-corrected chi connectivity index (χ3v) is 6.35. The van der Waals surface area contributed by atoms with Crippen LogP contribution in [0.15, 0.2) is 18.2 Å². The highest BCUT2D eigenvalue weighted by atomic mass is 32.2. The molecular weight excluding hydrogens is 274 g/mol. The lowest BCUT2D eigenvalue weighted by Gasteiger charge is -2.35. The van der Waals surface area contributed by atoms with Gasteiger partial charge in [0, 0.05) is 24.8 Å². The van der Waals surface area contributed by atoms with Crippen molar-refractivity contribution in [3.63, 3.8) is 0 Å². The maximum Gasteiger partial charge on any atom is 0.304 e. The van der Waals surface area contributed by atoms with Crippen LogP contribution in [-0.2, 0) is 16.6 Å². The summed E-state index contributed by atoms with van der Waals surface area (Å²) in [6.45, 7) is 3.13. The molecule has 0 radical (unpaired) electrons. The summed E-state index contributed by atoms with van der Waals surface area (Å²) in [7, 11) is -3.43. The van der Waals surface area contributed by atoms with Crippen molar-refractivity contribution in [2.75, 3.05) is 23.1 Å². The third kappa shape index (κ3) is 2.16. The lowest BCUT2D eigenvalue weighted by molar-refractivity contribution is 0.268. The number of hydrogen-bond acceptors (Lipinski definition) is 3. The second kappa shape index (κ2) is 4.93. The highest BCUT2D eigenvalue weighted by Crippen LogP contribution is 2.34. The predicted molar refractivity (Wildman–Crippen MR) is 80.8 cm³/mol. The number of anilines is 2. The molecule has 110 valence electrons. The molecule has 1 aromatic carbocycles. The highest BCUT2D eigenvalue weighted by Gasteiger charge is 2.37. The first-order chi connectivity index (χ1) is 9.50. The van der Waals surface area contributed by atoms with Crippen molar-refractivity contribution in [1.29, 1.82) is 0 Å². The van der Waals surface area contributed by atoms with Gasteiger partial charge in [0.25, 0.3) is 0 Å². The molecule has 3 rings (SSSR count). The number of nitrogen functional groups attached to an aromatic ring is 1. The molecular formula is C14H21N3O2S. The molecule has 0 spiro atoms. The molecule has 5 nitrogen and oxygen atoms in total. The van der Waals surface area contributed by atoms with E-state index >= 15 is 0 Å². The Labute approximate surface area is 120 Å². The van der Waals surface area contributed by atoms with E-state index < -0.39 is 10.2 Å². The number of piperidine rings is 1. The van der Waals surface area contributed by atoms with Crippen molar-refractivity contribution in [3.8, 4) is 0 Å². The van der Waals surface area contributed by atoms with Gasteiger partial charge < -0.3 is 5.73 Å². The summed E-state index contributed by atoms with van der Waals surface area (Å²) in [6, 6.07) is 5.62. The quantitative estimate of drug-likeness (QED) is 0.845. The van der Waals surface area contributed by atoms with Gasteiger partial charge in [0.1, 0.15) is 0 Å². The molecule has 20 heavy (non-hydrogen) atoms. The number of rotatable bonds is 2. The number of nitrogens with zero attached hydrogens (tertiary/aromatic N) is 2. The van der Waals surface area contributed by atoms with E-state index in [-0.39, 0.29) is 6.04 Å². The predicted octanol–water partition coefficient (Wildman–Crippen LogP) is 1.75. The molecule has 2 aliphatic rings. The van der Waals surface area contributed by atoms with Crippen LogP contribution in [-0.4, -0.2) is 31.9 Å². The van der Waals surface area contributed by atoms with Crippen molar-refractivity contribution in [3.05, 3.63) is 23.8 Å². The first-order valence-corrected chi connectivity index (χ1v) is 8.58. The standard InChI is InChI=1S/C14H21N3O2S/c1-11-4-2-3-8-16(11)20(18,19)17-9-7-12-5-6-13(15)10-14(12)17/h5-6,10-11H,2-4,7-9,15H2,1H3. The second-order valence-electron chi connectivity index (χ2n) is 5.67. The fourth-order valence-corrected chi connectivity index (χ4v) is 5.06. The van der Waals surface area contributed by atoms with Gasteiger partial charge in [0.2, 0.25) is 0 Å². The van der Waals surface area contributed by atoms with E-state index in [1.54, 1.807) is 10.4 Å². The molecule has 0 amide bonds. The normalized spacial score (nSPS) is 23.9. The van der Waals surface area contributed by atoms with E-state index in [0.717, 1.165) is 36.9 Å². The fraction of sp³-hybridized carbons (Fsp3) is 0.571. The number of nitrogens with two attached hydrogens (primary N) is 1. The van der Waals surface area contributed by atoms with E-state index in [0.29, 0.717) is 18.8 Å². The first-order valence-electron chi connectivity index (χ1n) is 7.18.